The first-order valence-corrected chi connectivity index (χ1v) is 8.94. The number of halogens is 1. The van der Waals surface area contributed by atoms with Gasteiger partial charge in [-0.3, -0.25) is 4.68 Å². The highest BCUT2D eigenvalue weighted by Gasteiger charge is 2.34. The van der Waals surface area contributed by atoms with Crippen molar-refractivity contribution in [3.63, 3.8) is 0 Å². The van der Waals surface area contributed by atoms with Gasteiger partial charge in [-0.25, -0.2) is 9.37 Å². The number of rotatable bonds is 4. The molecule has 1 aliphatic rings. The number of benzene rings is 1. The fraction of sp³-hybridized carbons (Fsp3) is 0.400. The molecule has 6 heteroatoms. The number of fused-ring (bicyclic) bond motifs is 1. The molecule has 1 aliphatic heterocycles. The summed E-state index contributed by atoms with van der Waals surface area (Å²) in [6.45, 7) is 4.08. The van der Waals surface area contributed by atoms with Crippen LogP contribution in [0.1, 0.15) is 29.7 Å². The van der Waals surface area contributed by atoms with Gasteiger partial charge in [-0.1, -0.05) is 12.1 Å². The predicted molar refractivity (Wildman–Crippen MR) is 98.2 cm³/mol. The Morgan fingerprint density at radius 1 is 1.23 bits per heavy atom. The van der Waals surface area contributed by atoms with Crippen LogP contribution in [0.5, 0.6) is 0 Å². The van der Waals surface area contributed by atoms with E-state index in [9.17, 15) is 4.39 Å². The molecule has 3 heterocycles. The van der Waals surface area contributed by atoms with Gasteiger partial charge in [0.2, 0.25) is 0 Å². The minimum absolute atomic E-state index is 0.203. The molecule has 0 aliphatic carbocycles. The predicted octanol–water partition coefficient (Wildman–Crippen LogP) is 3.21. The van der Waals surface area contributed by atoms with Gasteiger partial charge >= 0.3 is 0 Å². The first-order valence-electron chi connectivity index (χ1n) is 8.94. The van der Waals surface area contributed by atoms with Gasteiger partial charge in [-0.2, -0.15) is 5.10 Å². The van der Waals surface area contributed by atoms with Gasteiger partial charge in [-0.05, 0) is 49.1 Å². The number of nitrogens with zero attached hydrogens (tertiary/aromatic N) is 3. The third-order valence-corrected chi connectivity index (χ3v) is 5.29. The summed E-state index contributed by atoms with van der Waals surface area (Å²) in [5.41, 5.74) is 3.89. The van der Waals surface area contributed by atoms with E-state index in [0.29, 0.717) is 19.8 Å². The minimum Gasteiger partial charge on any atom is -0.381 e. The Hall–Kier alpha value is -2.31. The molecule has 1 fully saturated rings. The van der Waals surface area contributed by atoms with Crippen LogP contribution in [0.15, 0.2) is 36.5 Å². The second-order valence-corrected chi connectivity index (χ2v) is 6.98. The molecule has 1 aromatic carbocycles. The van der Waals surface area contributed by atoms with E-state index in [1.54, 1.807) is 4.68 Å². The molecule has 26 heavy (non-hydrogen) atoms. The molecule has 1 N–H and O–H groups in total. The van der Waals surface area contributed by atoms with Gasteiger partial charge in [0.1, 0.15) is 5.82 Å². The Labute approximate surface area is 152 Å². The number of pyridine rings is 1. The van der Waals surface area contributed by atoms with Crippen LogP contribution in [-0.4, -0.2) is 28.0 Å². The SMILES string of the molecule is Cc1nn(C)c2ncc(CNC3(c4ccc(F)cc4)CCOCC3)cc12. The van der Waals surface area contributed by atoms with Crippen molar-refractivity contribution in [1.82, 2.24) is 20.1 Å². The second kappa shape index (κ2) is 6.78. The zero-order valence-corrected chi connectivity index (χ0v) is 15.1. The van der Waals surface area contributed by atoms with Crippen LogP contribution in [0.25, 0.3) is 11.0 Å². The fourth-order valence-corrected chi connectivity index (χ4v) is 3.78. The molecule has 1 saturated heterocycles. The summed E-state index contributed by atoms with van der Waals surface area (Å²) >= 11 is 0. The quantitative estimate of drug-likeness (QED) is 0.782. The maximum Gasteiger partial charge on any atom is 0.157 e. The van der Waals surface area contributed by atoms with Crippen molar-refractivity contribution >= 4 is 11.0 Å². The maximum absolute atomic E-state index is 13.4. The van der Waals surface area contributed by atoms with Crippen molar-refractivity contribution in [2.24, 2.45) is 7.05 Å². The lowest BCUT2D eigenvalue weighted by molar-refractivity contribution is 0.0357. The molecule has 3 aromatic rings. The molecular weight excluding hydrogens is 331 g/mol. The summed E-state index contributed by atoms with van der Waals surface area (Å²) in [6.07, 6.45) is 3.62. The zero-order valence-electron chi connectivity index (χ0n) is 15.1. The molecule has 0 saturated carbocycles. The number of aryl methyl sites for hydroxylation is 2. The van der Waals surface area contributed by atoms with Crippen LogP contribution in [0.4, 0.5) is 4.39 Å². The normalized spacial score (nSPS) is 16.9. The standard InChI is InChI=1S/C20H23FN4O/c1-14-18-11-15(12-22-19(18)25(2)24-14)13-23-20(7-9-26-10-8-20)16-3-5-17(21)6-4-16/h3-6,11-12,23H,7-10,13H2,1-2H3. The van der Waals surface area contributed by atoms with Crippen molar-refractivity contribution in [1.29, 1.82) is 0 Å². The average molecular weight is 354 g/mol. The Bertz CT molecular complexity index is 913. The molecule has 0 unspecified atom stereocenters. The Morgan fingerprint density at radius 2 is 1.96 bits per heavy atom. The highest BCUT2D eigenvalue weighted by Crippen LogP contribution is 2.33. The van der Waals surface area contributed by atoms with Gasteiger partial charge in [0.05, 0.1) is 5.69 Å². The molecule has 4 rings (SSSR count). The summed E-state index contributed by atoms with van der Waals surface area (Å²) in [6, 6.07) is 8.96. The van der Waals surface area contributed by atoms with Crippen molar-refractivity contribution in [3.8, 4) is 0 Å². The van der Waals surface area contributed by atoms with Gasteiger partial charge < -0.3 is 10.1 Å². The lowest BCUT2D eigenvalue weighted by Crippen LogP contribution is -2.46. The van der Waals surface area contributed by atoms with Crippen LogP contribution in [-0.2, 0) is 23.9 Å². The fourth-order valence-electron chi connectivity index (χ4n) is 3.78. The molecule has 0 amide bonds. The van der Waals surface area contributed by atoms with Crippen molar-refractivity contribution in [2.75, 3.05) is 13.2 Å². The van der Waals surface area contributed by atoms with Crippen LogP contribution in [0, 0.1) is 12.7 Å². The summed E-state index contributed by atoms with van der Waals surface area (Å²) in [5.74, 6) is -0.210. The lowest BCUT2D eigenvalue weighted by atomic mass is 9.82. The highest BCUT2D eigenvalue weighted by molar-refractivity contribution is 5.78. The van der Waals surface area contributed by atoms with E-state index in [0.717, 1.165) is 40.7 Å². The van der Waals surface area contributed by atoms with E-state index in [2.05, 4.69) is 21.5 Å². The van der Waals surface area contributed by atoms with Crippen LogP contribution in [0.3, 0.4) is 0 Å². The van der Waals surface area contributed by atoms with E-state index >= 15 is 0 Å². The minimum atomic E-state index is -0.210. The first-order chi connectivity index (χ1) is 12.6. The van der Waals surface area contributed by atoms with E-state index in [-0.39, 0.29) is 11.4 Å². The molecule has 0 atom stereocenters. The summed E-state index contributed by atoms with van der Waals surface area (Å²) in [7, 11) is 1.91. The number of hydrogen-bond acceptors (Lipinski definition) is 4. The third-order valence-electron chi connectivity index (χ3n) is 5.29. The van der Waals surface area contributed by atoms with Crippen LogP contribution < -0.4 is 5.32 Å². The molecule has 0 spiro atoms. The number of hydrogen-bond donors (Lipinski definition) is 1. The molecule has 2 aromatic heterocycles. The molecule has 0 radical (unpaired) electrons. The summed E-state index contributed by atoms with van der Waals surface area (Å²) < 4.78 is 20.7. The van der Waals surface area contributed by atoms with Crippen LogP contribution >= 0.6 is 0 Å². The van der Waals surface area contributed by atoms with E-state index in [1.165, 1.54) is 12.1 Å². The molecule has 5 nitrogen and oxygen atoms in total. The van der Waals surface area contributed by atoms with Crippen molar-refractivity contribution in [3.05, 3.63) is 59.2 Å². The van der Waals surface area contributed by atoms with Crippen LogP contribution in [0.2, 0.25) is 0 Å². The largest absolute Gasteiger partial charge is 0.381 e. The Kier molecular flexibility index (Phi) is 4.46. The highest BCUT2D eigenvalue weighted by atomic mass is 19.1. The molecule has 136 valence electrons. The van der Waals surface area contributed by atoms with Crippen molar-refractivity contribution < 1.29 is 9.13 Å². The number of ether oxygens (including phenoxy) is 1. The van der Waals surface area contributed by atoms with Gasteiger partial charge in [0, 0.05) is 43.9 Å². The molecule has 0 bridgehead atoms. The smallest absolute Gasteiger partial charge is 0.157 e. The van der Waals surface area contributed by atoms with E-state index < -0.39 is 0 Å². The van der Waals surface area contributed by atoms with E-state index in [4.69, 9.17) is 4.74 Å². The Morgan fingerprint density at radius 3 is 2.69 bits per heavy atom. The second-order valence-electron chi connectivity index (χ2n) is 6.98. The Balaban J connectivity index is 1.60. The summed E-state index contributed by atoms with van der Waals surface area (Å²) in [4.78, 5) is 4.56. The van der Waals surface area contributed by atoms with E-state index in [1.807, 2.05) is 32.3 Å². The van der Waals surface area contributed by atoms with Gasteiger partial charge in [0.25, 0.3) is 0 Å². The van der Waals surface area contributed by atoms with Crippen molar-refractivity contribution in [2.45, 2.75) is 31.8 Å². The number of aromatic nitrogens is 3. The van der Waals surface area contributed by atoms with Gasteiger partial charge in [-0.15, -0.1) is 0 Å². The maximum atomic E-state index is 13.4. The number of nitrogens with one attached hydrogen (secondary N) is 1. The first kappa shape index (κ1) is 17.1. The molecular formula is C20H23FN4O. The third kappa shape index (κ3) is 3.10. The average Bonchev–Trinajstić information content (AvgIpc) is 2.95. The summed E-state index contributed by atoms with van der Waals surface area (Å²) in [5, 5.41) is 9.22. The lowest BCUT2D eigenvalue weighted by Gasteiger charge is -2.39. The topological polar surface area (TPSA) is 52.0 Å². The van der Waals surface area contributed by atoms with Gasteiger partial charge in [0.15, 0.2) is 5.65 Å². The zero-order chi connectivity index (χ0) is 18.1. The monoisotopic (exact) mass is 354 g/mol.